The van der Waals surface area contributed by atoms with Gasteiger partial charge in [0.1, 0.15) is 14.2 Å². The molecule has 82 heavy (non-hydrogen) atoms. The maximum absolute atomic E-state index is 12.2. The number of carbonyl (C=O) groups is 3. The van der Waals surface area contributed by atoms with Crippen LogP contribution in [0.3, 0.4) is 0 Å². The normalized spacial score (nSPS) is 14.6. The van der Waals surface area contributed by atoms with Crippen LogP contribution in [0.15, 0.2) is 121 Å². The first-order chi connectivity index (χ1) is 38.9. The zero-order valence-electron chi connectivity index (χ0n) is 45.2. The van der Waals surface area contributed by atoms with Gasteiger partial charge in [0, 0.05) is 16.2 Å². The molecule has 24 heteroatoms. The number of carboxylic acid groups (broad SMARTS) is 2. The first-order valence-corrected chi connectivity index (χ1v) is 32.0. The van der Waals surface area contributed by atoms with E-state index in [9.17, 15) is 24.6 Å². The number of nitrogens with zero attached hydrogens (tertiary/aromatic N) is 9. The molecule has 3 aliphatic carbocycles. The van der Waals surface area contributed by atoms with Gasteiger partial charge in [-0.15, -0.1) is 30.6 Å². The number of thioether (sulfide) groups is 3. The smallest absolute Gasteiger partial charge is 0.321 e. The molecular weight excluding hydrogens is 1360 g/mol. The number of hydrogen-bond acceptors (Lipinski definition) is 13. The fourth-order valence-corrected chi connectivity index (χ4v) is 14.8. The number of esters is 1. The van der Waals surface area contributed by atoms with Crippen LogP contribution in [0, 0.1) is 0 Å². The summed E-state index contributed by atoms with van der Waals surface area (Å²) in [5.41, 5.74) is 6.15. The average molecular weight is 1410 g/mol. The molecule has 0 atom stereocenters. The zero-order chi connectivity index (χ0) is 58.7. The van der Waals surface area contributed by atoms with E-state index in [2.05, 4.69) is 109 Å². The predicted octanol–water partition coefficient (Wildman–Crippen LogP) is 17.1. The Morgan fingerprint density at radius 1 is 0.476 bits per heavy atom. The molecule has 2 N–H and O–H groups in total. The Morgan fingerprint density at radius 2 is 0.732 bits per heavy atom. The maximum atomic E-state index is 12.2. The lowest BCUT2D eigenvalue weighted by Crippen LogP contribution is -2.29. The van der Waals surface area contributed by atoms with Crippen LogP contribution >= 0.6 is 118 Å². The summed E-state index contributed by atoms with van der Waals surface area (Å²) in [7, 11) is 1.38. The second kappa shape index (κ2) is 24.0. The Kier molecular flexibility index (Phi) is 17.7. The van der Waals surface area contributed by atoms with E-state index < -0.39 is 26.2 Å². The van der Waals surface area contributed by atoms with Crippen molar-refractivity contribution in [3.63, 3.8) is 0 Å². The van der Waals surface area contributed by atoms with Crippen LogP contribution < -0.4 is 0 Å². The van der Waals surface area contributed by atoms with E-state index >= 15 is 0 Å². The minimum absolute atomic E-state index is 0.330. The first-order valence-electron chi connectivity index (χ1n) is 26.0. The molecular formula is C58H53Br3Cl3N9O6S3. The number of fused-ring (bicyclic) bond motifs is 3. The molecule has 0 aliphatic heterocycles. The molecule has 12 rings (SSSR count). The fourth-order valence-electron chi connectivity index (χ4n) is 9.51. The minimum Gasteiger partial charge on any atom is -0.480 e. The minimum atomic E-state index is -1.06. The number of halogens is 6. The van der Waals surface area contributed by atoms with Crippen molar-refractivity contribution in [3.05, 3.63) is 137 Å². The Labute approximate surface area is 525 Å². The van der Waals surface area contributed by atoms with Crippen LogP contribution in [0.4, 0.5) is 0 Å². The quantitative estimate of drug-likeness (QED) is 0.0727. The Hall–Kier alpha value is -4.71. The van der Waals surface area contributed by atoms with Crippen molar-refractivity contribution < 1.29 is 29.3 Å². The summed E-state index contributed by atoms with van der Waals surface area (Å²) >= 11 is 34.2. The van der Waals surface area contributed by atoms with Gasteiger partial charge in [-0.05, 0) is 197 Å². The largest absolute Gasteiger partial charge is 0.480 e. The summed E-state index contributed by atoms with van der Waals surface area (Å²) in [5.74, 6) is -0.469. The van der Waals surface area contributed by atoms with Crippen molar-refractivity contribution in [1.82, 2.24) is 44.3 Å². The van der Waals surface area contributed by atoms with E-state index in [-0.39, 0.29) is 5.97 Å². The van der Waals surface area contributed by atoms with Crippen molar-refractivity contribution >= 4 is 168 Å². The van der Waals surface area contributed by atoms with Gasteiger partial charge in [0.25, 0.3) is 0 Å². The SMILES string of the molecule is CC(C)(Sc1nnc(Br)n1-c1c(Cl)cc(C2CC2)c2ccccc12)C(=O)O.CC(C)(Sc1nnc(Br)n1-c1c(Cl)cc(C2CC2)c2ccccc12)C(=O)O.COC(=O)C(C)(C)Sc1nnc(Br)n1-c1c(Cl)cc(C2CC2)c2ccccc12. The standard InChI is InChI=1S/C20H19BrClN3O2S.2C19H17BrClN3O2S/c1-20(2,17(26)27-3)28-19-24-23-18(21)25(19)16-13-7-5-4-6-12(13)14(10-15(16)22)11-8-9-11;2*1-19(2,16(25)26)27-18-23-22-17(20)24(18)15-12-6-4-3-5-11(12)13(9-14(15)21)10-7-8-10/h4-7,10-11H,8-9H2,1-3H3;2*3-6,9-10H,7-8H2,1-2H3,(H,25,26). The van der Waals surface area contributed by atoms with Crippen LogP contribution in [0.1, 0.15) is 115 Å². The van der Waals surface area contributed by atoms with E-state index in [1.54, 1.807) is 50.7 Å². The molecule has 0 bridgehead atoms. The number of aliphatic carboxylic acids is 2. The lowest BCUT2D eigenvalue weighted by molar-refractivity contribution is -0.142. The number of benzene rings is 6. The summed E-state index contributed by atoms with van der Waals surface area (Å²) in [4.78, 5) is 35.3. The molecule has 15 nitrogen and oxygen atoms in total. The van der Waals surface area contributed by atoms with E-state index in [0.717, 1.165) is 67.5 Å². The molecule has 9 aromatic rings. The summed E-state index contributed by atoms with van der Waals surface area (Å²) < 4.78 is 8.92. The molecule has 3 heterocycles. The van der Waals surface area contributed by atoms with Gasteiger partial charge in [0.05, 0.1) is 39.2 Å². The monoisotopic (exact) mass is 1410 g/mol. The second-order valence-corrected chi connectivity index (χ2v) is 29.7. The predicted molar refractivity (Wildman–Crippen MR) is 338 cm³/mol. The van der Waals surface area contributed by atoms with Gasteiger partial charge in [-0.25, -0.2) is 0 Å². The van der Waals surface area contributed by atoms with Crippen LogP contribution in [0.2, 0.25) is 15.1 Å². The molecule has 0 unspecified atom stereocenters. The van der Waals surface area contributed by atoms with Gasteiger partial charge >= 0.3 is 17.9 Å². The molecule has 0 saturated heterocycles. The topological polar surface area (TPSA) is 193 Å². The molecule has 0 amide bonds. The summed E-state index contributed by atoms with van der Waals surface area (Å²) in [6.45, 7) is 10.2. The van der Waals surface area contributed by atoms with Gasteiger partial charge < -0.3 is 14.9 Å². The zero-order valence-corrected chi connectivity index (χ0v) is 54.7. The number of rotatable bonds is 15. The number of hydrogen-bond donors (Lipinski definition) is 2. The first kappa shape index (κ1) is 60.4. The molecule has 0 spiro atoms. The summed E-state index contributed by atoms with van der Waals surface area (Å²) in [6.07, 6.45) is 7.14. The van der Waals surface area contributed by atoms with Crippen LogP contribution in [-0.2, 0) is 19.1 Å². The molecule has 3 aliphatic rings. The molecule has 426 valence electrons. The lowest BCUT2D eigenvalue weighted by atomic mass is 9.99. The number of ether oxygens (including phenoxy) is 1. The van der Waals surface area contributed by atoms with Gasteiger partial charge in [-0.1, -0.05) is 143 Å². The maximum Gasteiger partial charge on any atom is 0.321 e. The number of aromatic nitrogens is 9. The third kappa shape index (κ3) is 12.4. The fraction of sp³-hybridized carbons (Fsp3) is 0.328. The number of methoxy groups -OCH3 is 1. The highest BCUT2D eigenvalue weighted by atomic mass is 79.9. The highest BCUT2D eigenvalue weighted by Crippen LogP contribution is 2.51. The lowest BCUT2D eigenvalue weighted by Gasteiger charge is -2.21. The van der Waals surface area contributed by atoms with Crippen LogP contribution in [-0.4, -0.2) is 93.8 Å². The highest BCUT2D eigenvalue weighted by Gasteiger charge is 2.37. The molecule has 6 aromatic carbocycles. The Balaban J connectivity index is 0.000000138. The third-order valence-electron chi connectivity index (χ3n) is 14.3. The van der Waals surface area contributed by atoms with Crippen molar-refractivity contribution in [3.8, 4) is 17.1 Å². The molecule has 3 aromatic heterocycles. The Morgan fingerprint density at radius 3 is 0.976 bits per heavy atom. The highest BCUT2D eigenvalue weighted by molar-refractivity contribution is 9.10. The summed E-state index contributed by atoms with van der Waals surface area (Å²) in [5, 5.41) is 53.9. The summed E-state index contributed by atoms with van der Waals surface area (Å²) in [6, 6.07) is 30.6. The van der Waals surface area contributed by atoms with E-state index in [1.807, 2.05) is 65.2 Å². The molecule has 3 saturated carbocycles. The average Bonchev–Trinajstić information content (AvgIpc) is 3.03. The third-order valence-corrected chi connectivity index (χ3v) is 20.0. The van der Waals surface area contributed by atoms with Gasteiger partial charge in [0.2, 0.25) is 14.2 Å². The van der Waals surface area contributed by atoms with Gasteiger partial charge in [-0.3, -0.25) is 28.1 Å². The van der Waals surface area contributed by atoms with Crippen molar-refractivity contribution in [2.45, 2.75) is 128 Å². The second-order valence-electron chi connectivity index (χ2n) is 21.5. The molecule has 3 fully saturated rings. The Bertz CT molecular complexity index is 3840. The van der Waals surface area contributed by atoms with E-state index in [4.69, 9.17) is 39.5 Å². The van der Waals surface area contributed by atoms with Gasteiger partial charge in [0.15, 0.2) is 15.5 Å². The number of carboxylic acids is 2. The van der Waals surface area contributed by atoms with E-state index in [1.165, 1.54) is 79.5 Å². The van der Waals surface area contributed by atoms with Crippen molar-refractivity contribution in [1.29, 1.82) is 0 Å². The van der Waals surface area contributed by atoms with E-state index in [0.29, 0.717) is 62.5 Å². The van der Waals surface area contributed by atoms with Crippen molar-refractivity contribution in [2.75, 3.05) is 7.11 Å². The van der Waals surface area contributed by atoms with Crippen LogP contribution in [0.5, 0.6) is 0 Å². The van der Waals surface area contributed by atoms with Gasteiger partial charge in [-0.2, -0.15) is 0 Å². The van der Waals surface area contributed by atoms with Crippen LogP contribution in [0.25, 0.3) is 49.4 Å². The number of carbonyl (C=O) groups excluding carboxylic acids is 1. The van der Waals surface area contributed by atoms with Crippen molar-refractivity contribution in [2.24, 2.45) is 0 Å². The molecule has 0 radical (unpaired) electrons.